The van der Waals surface area contributed by atoms with Crippen LogP contribution in [0.1, 0.15) is 103 Å². The summed E-state index contributed by atoms with van der Waals surface area (Å²) in [4.78, 5) is 0. The number of quaternary nitrogens is 4. The van der Waals surface area contributed by atoms with Gasteiger partial charge in [0.2, 0.25) is 0 Å². The molecule has 0 amide bonds. The van der Waals surface area contributed by atoms with Crippen LogP contribution in [0.3, 0.4) is 0 Å². The number of unbranched alkanes of at least 4 members (excludes halogenated alkanes) is 13. The van der Waals surface area contributed by atoms with Crippen LogP contribution in [0, 0.1) is 0 Å². The predicted octanol–water partition coefficient (Wildman–Crippen LogP) is 8.00. The molecule has 0 unspecified atom stereocenters. The van der Waals surface area contributed by atoms with E-state index in [-0.39, 0.29) is 0 Å². The second-order valence-electron chi connectivity index (χ2n) is 18.9. The fourth-order valence-corrected chi connectivity index (χ4v) is 5.87. The molecule has 0 aliphatic rings. The first-order valence-corrected chi connectivity index (χ1v) is 20.5. The van der Waals surface area contributed by atoms with Gasteiger partial charge in [-0.3, -0.25) is 0 Å². The summed E-state index contributed by atoms with van der Waals surface area (Å²) in [5, 5.41) is 0. The Morgan fingerprint density at radius 1 is 0.260 bits per heavy atom. The summed E-state index contributed by atoms with van der Waals surface area (Å²) in [5.41, 5.74) is 0. The quantitative estimate of drug-likeness (QED) is 0.0563. The Kier molecular flexibility index (Phi) is 26.7. The van der Waals surface area contributed by atoms with Crippen molar-refractivity contribution in [2.75, 3.05) is 111 Å². The minimum absolute atomic E-state index is 1.10. The maximum absolute atomic E-state index is 2.29. The minimum Gasteiger partial charge on any atom is -0.331 e. The lowest BCUT2D eigenvalue weighted by Crippen LogP contribution is -2.36. The molecule has 0 aliphatic heterocycles. The van der Waals surface area contributed by atoms with E-state index in [0.717, 1.165) is 31.0 Å². The summed E-state index contributed by atoms with van der Waals surface area (Å²) in [7, 11) is 27.3. The van der Waals surface area contributed by atoms with Gasteiger partial charge in [0, 0.05) is 37.1 Å². The van der Waals surface area contributed by atoms with Crippen molar-refractivity contribution in [1.29, 1.82) is 0 Å². The highest BCUT2D eigenvalue weighted by Gasteiger charge is 2.09. The molecule has 50 heavy (non-hydrogen) atoms. The third-order valence-electron chi connectivity index (χ3n) is 8.95. The van der Waals surface area contributed by atoms with Crippen molar-refractivity contribution in [3.63, 3.8) is 0 Å². The largest absolute Gasteiger partial charge is 0.331 e. The Bertz CT molecular complexity index is 916. The zero-order valence-corrected chi connectivity index (χ0v) is 36.0. The average molecular weight is 703 g/mol. The van der Waals surface area contributed by atoms with Crippen molar-refractivity contribution in [3.8, 4) is 0 Å². The molecule has 290 valence electrons. The zero-order valence-electron chi connectivity index (χ0n) is 36.0. The van der Waals surface area contributed by atoms with Crippen LogP contribution in [0.25, 0.3) is 0 Å². The highest BCUT2D eigenvalue weighted by molar-refractivity contribution is 4.84. The number of hydrogen-bond acceptors (Lipinski definition) is 0. The van der Waals surface area contributed by atoms with Gasteiger partial charge in [0.25, 0.3) is 0 Å². The molecular formula is C44H90N6+6. The van der Waals surface area contributed by atoms with E-state index in [1.54, 1.807) is 0 Å². The highest BCUT2D eigenvalue weighted by Crippen LogP contribution is 2.12. The summed E-state index contributed by atoms with van der Waals surface area (Å²) in [6.07, 6.45) is 30.8. The number of rotatable bonds is 25. The van der Waals surface area contributed by atoms with Crippen molar-refractivity contribution in [3.05, 3.63) is 61.2 Å². The summed E-state index contributed by atoms with van der Waals surface area (Å²) in [6.45, 7) is 7.51. The topological polar surface area (TPSA) is 7.76 Å². The molecule has 0 aliphatic carbocycles. The maximum atomic E-state index is 2.29. The SMILES string of the molecule is C[N+](C)(C)CCCCCCCCCCCC[N+](C)(C)C.C[N+](C)(C)CCCCC[N+](C)(C)C.c1cc[n+](CCCCC[n+]2ccccc2)cc1. The van der Waals surface area contributed by atoms with Crippen molar-refractivity contribution in [2.24, 2.45) is 0 Å². The molecule has 0 aromatic carbocycles. The highest BCUT2D eigenvalue weighted by atomic mass is 15.3. The molecule has 0 atom stereocenters. The second kappa shape index (κ2) is 27.7. The Hall–Kier alpha value is -1.86. The van der Waals surface area contributed by atoms with E-state index < -0.39 is 0 Å². The van der Waals surface area contributed by atoms with Gasteiger partial charge in [-0.2, -0.15) is 0 Å². The average Bonchev–Trinajstić information content (AvgIpc) is 3.01. The van der Waals surface area contributed by atoms with Gasteiger partial charge < -0.3 is 17.9 Å². The number of aromatic nitrogens is 2. The first kappa shape index (κ1) is 48.1. The van der Waals surface area contributed by atoms with Crippen LogP contribution in [-0.2, 0) is 13.1 Å². The Morgan fingerprint density at radius 2 is 0.460 bits per heavy atom. The molecule has 6 heteroatoms. The number of aryl methyl sites for hydroxylation is 2. The molecule has 2 heterocycles. The van der Waals surface area contributed by atoms with E-state index in [0.29, 0.717) is 0 Å². The van der Waals surface area contributed by atoms with Gasteiger partial charge in [-0.1, -0.05) is 50.7 Å². The Balaban J connectivity index is 0.000000737. The lowest BCUT2D eigenvalue weighted by molar-refractivity contribution is -0.872. The van der Waals surface area contributed by atoms with Crippen LogP contribution in [0.2, 0.25) is 0 Å². The van der Waals surface area contributed by atoms with Crippen LogP contribution >= 0.6 is 0 Å². The minimum atomic E-state index is 1.10. The second-order valence-corrected chi connectivity index (χ2v) is 18.9. The van der Waals surface area contributed by atoms with E-state index in [2.05, 4.69) is 155 Å². The molecule has 0 saturated heterocycles. The smallest absolute Gasteiger partial charge is 0.168 e. The van der Waals surface area contributed by atoms with Crippen molar-refractivity contribution in [2.45, 2.75) is 116 Å². The molecule has 0 radical (unpaired) electrons. The van der Waals surface area contributed by atoms with E-state index in [9.17, 15) is 0 Å². The molecule has 0 saturated carbocycles. The number of pyridine rings is 2. The Labute approximate surface area is 314 Å². The lowest BCUT2D eigenvalue weighted by atomic mass is 10.1. The van der Waals surface area contributed by atoms with Gasteiger partial charge in [-0.05, 0) is 51.4 Å². The molecule has 0 N–H and O–H groups in total. The Morgan fingerprint density at radius 3 is 0.700 bits per heavy atom. The fraction of sp³-hybridized carbons (Fsp3) is 0.773. The van der Waals surface area contributed by atoms with Gasteiger partial charge >= 0.3 is 0 Å². The third-order valence-corrected chi connectivity index (χ3v) is 8.95. The van der Waals surface area contributed by atoms with Gasteiger partial charge in [0.05, 0.1) is 111 Å². The van der Waals surface area contributed by atoms with Crippen LogP contribution in [-0.4, -0.2) is 129 Å². The molecular weight excluding hydrogens is 613 g/mol. The lowest BCUT2D eigenvalue weighted by Gasteiger charge is -2.25. The molecule has 6 nitrogen and oxygen atoms in total. The standard InChI is InChI=1S/C18H42N2.C15H20N2.C11H28N2/c1-19(2,3)17-15-13-11-9-7-8-10-12-14-16-18-20(4,5)6;1-4-10-16(11-5-1)14-8-3-9-15-17-12-6-2-7-13-17;1-12(2,3)10-8-7-9-11-13(4,5)6/h7-18H2,1-6H3;1-2,4-7,10-13H,3,8-9,14-15H2;7-11H2,1-6H3/q3*+2. The monoisotopic (exact) mass is 703 g/mol. The number of hydrogen-bond donors (Lipinski definition) is 0. The van der Waals surface area contributed by atoms with E-state index in [1.165, 1.54) is 129 Å². The summed E-state index contributed by atoms with van der Waals surface area (Å²) >= 11 is 0. The van der Waals surface area contributed by atoms with Crippen LogP contribution < -0.4 is 9.13 Å². The normalized spacial score (nSPS) is 12.2. The fourth-order valence-electron chi connectivity index (χ4n) is 5.87. The first-order valence-electron chi connectivity index (χ1n) is 20.5. The van der Waals surface area contributed by atoms with E-state index in [1.807, 2.05) is 0 Å². The maximum Gasteiger partial charge on any atom is 0.168 e. The predicted molar refractivity (Wildman–Crippen MR) is 219 cm³/mol. The van der Waals surface area contributed by atoms with Crippen molar-refractivity contribution < 1.29 is 27.1 Å². The van der Waals surface area contributed by atoms with Gasteiger partial charge in [0.1, 0.15) is 13.1 Å². The summed E-state index contributed by atoms with van der Waals surface area (Å²) in [5.74, 6) is 0. The summed E-state index contributed by atoms with van der Waals surface area (Å²) in [6, 6.07) is 12.4. The molecule has 0 spiro atoms. The molecule has 2 aromatic rings. The van der Waals surface area contributed by atoms with E-state index >= 15 is 0 Å². The zero-order chi connectivity index (χ0) is 37.8. The number of nitrogens with zero attached hydrogens (tertiary/aromatic N) is 6. The van der Waals surface area contributed by atoms with Crippen molar-refractivity contribution in [1.82, 2.24) is 0 Å². The molecule has 0 fully saturated rings. The third kappa shape index (κ3) is 38.9. The molecule has 2 rings (SSSR count). The van der Waals surface area contributed by atoms with Crippen LogP contribution in [0.5, 0.6) is 0 Å². The first-order chi connectivity index (χ1) is 23.4. The molecule has 0 bridgehead atoms. The van der Waals surface area contributed by atoms with E-state index in [4.69, 9.17) is 0 Å². The molecule has 2 aromatic heterocycles. The van der Waals surface area contributed by atoms with Gasteiger partial charge in [-0.15, -0.1) is 0 Å². The van der Waals surface area contributed by atoms with Crippen LogP contribution in [0.4, 0.5) is 0 Å². The van der Waals surface area contributed by atoms with Crippen molar-refractivity contribution >= 4 is 0 Å². The van der Waals surface area contributed by atoms with Gasteiger partial charge in [0.15, 0.2) is 24.8 Å². The summed E-state index contributed by atoms with van der Waals surface area (Å²) < 4.78 is 8.93. The van der Waals surface area contributed by atoms with Gasteiger partial charge in [-0.25, -0.2) is 9.13 Å². The van der Waals surface area contributed by atoms with Crippen LogP contribution in [0.15, 0.2) is 61.2 Å².